The summed E-state index contributed by atoms with van der Waals surface area (Å²) in [5, 5.41) is 2.55. The maximum absolute atomic E-state index is 6.06. The average molecular weight is 286 g/mol. The molecule has 4 nitrogen and oxygen atoms in total. The predicted molar refractivity (Wildman–Crippen MR) is 78.5 cm³/mol. The summed E-state index contributed by atoms with van der Waals surface area (Å²) >= 11 is 6.06. The van der Waals surface area contributed by atoms with Gasteiger partial charge in [0.25, 0.3) is 0 Å². The van der Waals surface area contributed by atoms with E-state index >= 15 is 0 Å². The molecule has 0 unspecified atom stereocenters. The third kappa shape index (κ3) is 2.48. The second kappa shape index (κ2) is 5.53. The number of ether oxygens (including phenoxy) is 1. The lowest BCUT2D eigenvalue weighted by Gasteiger charge is -2.07. The Morgan fingerprint density at radius 1 is 1.15 bits per heavy atom. The largest absolute Gasteiger partial charge is 0.377 e. The van der Waals surface area contributed by atoms with Gasteiger partial charge in [-0.15, -0.1) is 0 Å². The number of aromatic nitrogens is 3. The molecule has 100 valence electrons. The standard InChI is InChI=1S/C15H12ClN3O/c1-20-9-15-18-13(6-14(16)19-15)12-8-17-7-10-4-2-3-5-11(10)12/h2-8H,9H2,1H3. The first-order valence-electron chi connectivity index (χ1n) is 6.13. The summed E-state index contributed by atoms with van der Waals surface area (Å²) in [6, 6.07) is 9.77. The van der Waals surface area contributed by atoms with Crippen LogP contribution in [-0.4, -0.2) is 22.1 Å². The predicted octanol–water partition coefficient (Wildman–Crippen LogP) is 3.49. The summed E-state index contributed by atoms with van der Waals surface area (Å²) in [6.07, 6.45) is 3.62. The van der Waals surface area contributed by atoms with Gasteiger partial charge in [-0.05, 0) is 5.39 Å². The average Bonchev–Trinajstić information content (AvgIpc) is 2.46. The Hall–Kier alpha value is -2.04. The molecule has 0 atom stereocenters. The molecule has 1 aromatic carbocycles. The van der Waals surface area contributed by atoms with Gasteiger partial charge in [0.05, 0.1) is 5.69 Å². The van der Waals surface area contributed by atoms with Crippen LogP contribution in [0.1, 0.15) is 5.82 Å². The quantitative estimate of drug-likeness (QED) is 0.691. The van der Waals surface area contributed by atoms with Crippen molar-refractivity contribution in [2.24, 2.45) is 0 Å². The van der Waals surface area contributed by atoms with Crippen LogP contribution in [0.4, 0.5) is 0 Å². The van der Waals surface area contributed by atoms with Crippen molar-refractivity contribution < 1.29 is 4.74 Å². The first kappa shape index (κ1) is 13.0. The number of rotatable bonds is 3. The molecule has 0 radical (unpaired) electrons. The Morgan fingerprint density at radius 2 is 2.00 bits per heavy atom. The van der Waals surface area contributed by atoms with Crippen molar-refractivity contribution in [2.45, 2.75) is 6.61 Å². The van der Waals surface area contributed by atoms with Crippen LogP contribution in [0.25, 0.3) is 22.0 Å². The zero-order valence-electron chi connectivity index (χ0n) is 10.9. The zero-order valence-corrected chi connectivity index (χ0v) is 11.6. The molecular formula is C15H12ClN3O. The Kier molecular flexibility index (Phi) is 3.58. The molecular weight excluding hydrogens is 274 g/mol. The fourth-order valence-corrected chi connectivity index (χ4v) is 2.32. The summed E-state index contributed by atoms with van der Waals surface area (Å²) in [5.74, 6) is 0.558. The third-order valence-corrected chi connectivity index (χ3v) is 3.15. The smallest absolute Gasteiger partial charge is 0.156 e. The lowest BCUT2D eigenvalue weighted by Crippen LogP contribution is -1.99. The van der Waals surface area contributed by atoms with Crippen molar-refractivity contribution in [1.82, 2.24) is 15.0 Å². The molecule has 0 amide bonds. The molecule has 5 heteroatoms. The molecule has 20 heavy (non-hydrogen) atoms. The fourth-order valence-electron chi connectivity index (χ4n) is 2.12. The molecule has 0 spiro atoms. The van der Waals surface area contributed by atoms with Crippen LogP contribution >= 0.6 is 11.6 Å². The van der Waals surface area contributed by atoms with Crippen molar-refractivity contribution in [3.63, 3.8) is 0 Å². The third-order valence-electron chi connectivity index (χ3n) is 2.96. The van der Waals surface area contributed by atoms with E-state index in [1.807, 2.05) is 30.5 Å². The molecule has 0 aliphatic rings. The van der Waals surface area contributed by atoms with Crippen molar-refractivity contribution in [3.8, 4) is 11.3 Å². The number of pyridine rings is 1. The van der Waals surface area contributed by atoms with Crippen LogP contribution in [-0.2, 0) is 11.3 Å². The van der Waals surface area contributed by atoms with E-state index < -0.39 is 0 Å². The first-order chi connectivity index (χ1) is 9.78. The Morgan fingerprint density at radius 3 is 2.85 bits per heavy atom. The maximum Gasteiger partial charge on any atom is 0.156 e. The highest BCUT2D eigenvalue weighted by atomic mass is 35.5. The van der Waals surface area contributed by atoms with Gasteiger partial charge in [-0.2, -0.15) is 0 Å². The Balaban J connectivity index is 2.20. The molecule has 0 saturated carbocycles. The SMILES string of the molecule is COCc1nc(Cl)cc(-c2cncc3ccccc23)n1. The molecule has 0 saturated heterocycles. The monoisotopic (exact) mass is 285 g/mol. The van der Waals surface area contributed by atoms with E-state index in [1.54, 1.807) is 19.4 Å². The molecule has 0 bridgehead atoms. The van der Waals surface area contributed by atoms with E-state index in [0.29, 0.717) is 17.6 Å². The van der Waals surface area contributed by atoms with Crippen molar-refractivity contribution >= 4 is 22.4 Å². The number of nitrogens with zero attached hydrogens (tertiary/aromatic N) is 3. The number of halogens is 1. The minimum Gasteiger partial charge on any atom is -0.377 e. The summed E-state index contributed by atoms with van der Waals surface area (Å²) in [7, 11) is 1.60. The van der Waals surface area contributed by atoms with Crippen LogP contribution in [0, 0.1) is 0 Å². The first-order valence-corrected chi connectivity index (χ1v) is 6.51. The number of hydrogen-bond acceptors (Lipinski definition) is 4. The van der Waals surface area contributed by atoms with Gasteiger partial charge in [0.1, 0.15) is 11.8 Å². The van der Waals surface area contributed by atoms with Gasteiger partial charge in [-0.25, -0.2) is 9.97 Å². The Labute approximate surface area is 121 Å². The van der Waals surface area contributed by atoms with E-state index in [1.165, 1.54) is 0 Å². The number of hydrogen-bond donors (Lipinski definition) is 0. The highest BCUT2D eigenvalue weighted by molar-refractivity contribution is 6.29. The lowest BCUT2D eigenvalue weighted by atomic mass is 10.1. The van der Waals surface area contributed by atoms with Crippen LogP contribution in [0.3, 0.4) is 0 Å². The summed E-state index contributed by atoms with van der Waals surface area (Å²) in [5.41, 5.74) is 1.69. The Bertz CT molecular complexity index is 756. The number of fused-ring (bicyclic) bond motifs is 1. The van der Waals surface area contributed by atoms with E-state index in [4.69, 9.17) is 16.3 Å². The van der Waals surface area contributed by atoms with Gasteiger partial charge in [-0.3, -0.25) is 4.98 Å². The van der Waals surface area contributed by atoms with Gasteiger partial charge in [0, 0.05) is 36.5 Å². The van der Waals surface area contributed by atoms with Crippen LogP contribution in [0.15, 0.2) is 42.7 Å². The molecule has 3 rings (SSSR count). The highest BCUT2D eigenvalue weighted by Gasteiger charge is 2.09. The van der Waals surface area contributed by atoms with E-state index in [2.05, 4.69) is 15.0 Å². The van der Waals surface area contributed by atoms with Gasteiger partial charge < -0.3 is 4.74 Å². The van der Waals surface area contributed by atoms with E-state index in [9.17, 15) is 0 Å². The van der Waals surface area contributed by atoms with E-state index in [0.717, 1.165) is 22.0 Å². The second-order valence-corrected chi connectivity index (χ2v) is 4.72. The van der Waals surface area contributed by atoms with Crippen molar-refractivity contribution in [1.29, 1.82) is 0 Å². The lowest BCUT2D eigenvalue weighted by molar-refractivity contribution is 0.178. The van der Waals surface area contributed by atoms with Gasteiger partial charge in [0.15, 0.2) is 5.82 Å². The van der Waals surface area contributed by atoms with Crippen molar-refractivity contribution in [3.05, 3.63) is 53.7 Å². The van der Waals surface area contributed by atoms with Crippen LogP contribution in [0.5, 0.6) is 0 Å². The topological polar surface area (TPSA) is 47.9 Å². The van der Waals surface area contributed by atoms with Gasteiger partial charge >= 0.3 is 0 Å². The second-order valence-electron chi connectivity index (χ2n) is 4.33. The minimum atomic E-state index is 0.325. The number of benzene rings is 1. The van der Waals surface area contributed by atoms with E-state index in [-0.39, 0.29) is 0 Å². The zero-order chi connectivity index (χ0) is 13.9. The normalized spacial score (nSPS) is 10.9. The summed E-state index contributed by atoms with van der Waals surface area (Å²) < 4.78 is 5.06. The molecule has 0 aliphatic heterocycles. The van der Waals surface area contributed by atoms with Gasteiger partial charge in [0.2, 0.25) is 0 Å². The fraction of sp³-hybridized carbons (Fsp3) is 0.133. The van der Waals surface area contributed by atoms with Gasteiger partial charge in [-0.1, -0.05) is 35.9 Å². The van der Waals surface area contributed by atoms with Crippen LogP contribution < -0.4 is 0 Å². The summed E-state index contributed by atoms with van der Waals surface area (Å²) in [6.45, 7) is 0.325. The maximum atomic E-state index is 6.06. The van der Waals surface area contributed by atoms with Crippen molar-refractivity contribution in [2.75, 3.05) is 7.11 Å². The molecule has 2 aromatic heterocycles. The van der Waals surface area contributed by atoms with Crippen LogP contribution in [0.2, 0.25) is 5.15 Å². The highest BCUT2D eigenvalue weighted by Crippen LogP contribution is 2.27. The molecule has 0 aliphatic carbocycles. The summed E-state index contributed by atoms with van der Waals surface area (Å²) in [4.78, 5) is 12.9. The molecule has 3 aromatic rings. The molecule has 0 fully saturated rings. The number of methoxy groups -OCH3 is 1. The molecule has 0 N–H and O–H groups in total. The molecule has 2 heterocycles. The minimum absolute atomic E-state index is 0.325.